The van der Waals surface area contributed by atoms with Gasteiger partial charge in [0.2, 0.25) is 0 Å². The van der Waals surface area contributed by atoms with Crippen molar-refractivity contribution in [2.75, 3.05) is 5.32 Å². The molecular formula is C24H29N3O2. The number of piperidine rings is 2. The molecule has 2 aromatic carbocycles. The Hall–Kier alpha value is -2.82. The lowest BCUT2D eigenvalue weighted by Gasteiger charge is -2.48. The molecule has 0 radical (unpaired) electrons. The first-order chi connectivity index (χ1) is 14.0. The summed E-state index contributed by atoms with van der Waals surface area (Å²) in [5.74, 6) is -0.0102. The SMILES string of the molecule is Cc1ccccc1NC(=O)N1C2CCCC1CC(NC(=O)c1ccccc1C)C2. The first kappa shape index (κ1) is 19.5. The number of nitrogens with zero attached hydrogens (tertiary/aromatic N) is 1. The summed E-state index contributed by atoms with van der Waals surface area (Å²) in [4.78, 5) is 27.8. The van der Waals surface area contributed by atoms with E-state index >= 15 is 0 Å². The van der Waals surface area contributed by atoms with Gasteiger partial charge in [0.1, 0.15) is 0 Å². The van der Waals surface area contributed by atoms with E-state index in [4.69, 9.17) is 0 Å². The predicted molar refractivity (Wildman–Crippen MR) is 115 cm³/mol. The van der Waals surface area contributed by atoms with Crippen LogP contribution in [-0.2, 0) is 0 Å². The number of amides is 3. The molecule has 2 aromatic rings. The molecule has 2 aliphatic rings. The lowest BCUT2D eigenvalue weighted by atomic mass is 9.82. The van der Waals surface area contributed by atoms with E-state index in [2.05, 4.69) is 10.6 Å². The zero-order valence-electron chi connectivity index (χ0n) is 17.2. The minimum absolute atomic E-state index is 0.0102. The third-order valence-corrected chi connectivity index (χ3v) is 6.32. The van der Waals surface area contributed by atoms with Crippen molar-refractivity contribution in [1.29, 1.82) is 0 Å². The van der Waals surface area contributed by atoms with Crippen LogP contribution < -0.4 is 10.6 Å². The van der Waals surface area contributed by atoms with Gasteiger partial charge in [-0.2, -0.15) is 0 Å². The van der Waals surface area contributed by atoms with Crippen LogP contribution in [0.25, 0.3) is 0 Å². The number of para-hydroxylation sites is 1. The van der Waals surface area contributed by atoms with Gasteiger partial charge in [0.15, 0.2) is 0 Å². The Morgan fingerprint density at radius 1 is 0.897 bits per heavy atom. The molecule has 5 nitrogen and oxygen atoms in total. The second-order valence-electron chi connectivity index (χ2n) is 8.35. The molecule has 2 unspecified atom stereocenters. The molecule has 2 atom stereocenters. The molecule has 29 heavy (non-hydrogen) atoms. The van der Waals surface area contributed by atoms with E-state index in [-0.39, 0.29) is 30.1 Å². The van der Waals surface area contributed by atoms with Gasteiger partial charge in [-0.3, -0.25) is 4.79 Å². The van der Waals surface area contributed by atoms with Gasteiger partial charge in [-0.05, 0) is 69.2 Å². The molecule has 4 rings (SSSR count). The van der Waals surface area contributed by atoms with Crippen molar-refractivity contribution in [2.24, 2.45) is 0 Å². The second-order valence-corrected chi connectivity index (χ2v) is 8.35. The number of carbonyl (C=O) groups excluding carboxylic acids is 2. The summed E-state index contributed by atoms with van der Waals surface area (Å²) in [6.07, 6.45) is 4.76. The monoisotopic (exact) mass is 391 g/mol. The van der Waals surface area contributed by atoms with E-state index in [1.807, 2.05) is 67.3 Å². The standard InChI is InChI=1S/C24H29N3O2/c1-16-8-3-5-12-21(16)23(28)25-18-14-19-10-7-11-20(15-18)27(19)24(29)26-22-13-6-4-9-17(22)2/h3-6,8-9,12-13,18-20H,7,10-11,14-15H2,1-2H3,(H,25,28)(H,26,29). The van der Waals surface area contributed by atoms with Crippen molar-refractivity contribution in [1.82, 2.24) is 10.2 Å². The molecule has 2 fully saturated rings. The van der Waals surface area contributed by atoms with Crippen LogP contribution in [0.15, 0.2) is 48.5 Å². The van der Waals surface area contributed by atoms with Crippen LogP contribution in [0, 0.1) is 13.8 Å². The zero-order chi connectivity index (χ0) is 20.4. The fourth-order valence-corrected chi connectivity index (χ4v) is 4.81. The van der Waals surface area contributed by atoms with Crippen LogP contribution >= 0.6 is 0 Å². The average Bonchev–Trinajstić information content (AvgIpc) is 2.69. The Morgan fingerprint density at radius 2 is 1.52 bits per heavy atom. The van der Waals surface area contributed by atoms with Crippen molar-refractivity contribution in [3.63, 3.8) is 0 Å². The van der Waals surface area contributed by atoms with Gasteiger partial charge in [0.25, 0.3) is 5.91 Å². The van der Waals surface area contributed by atoms with Crippen LogP contribution in [-0.4, -0.2) is 35.0 Å². The minimum Gasteiger partial charge on any atom is -0.349 e. The van der Waals surface area contributed by atoms with E-state index in [1.54, 1.807) is 0 Å². The Morgan fingerprint density at radius 3 is 2.17 bits per heavy atom. The van der Waals surface area contributed by atoms with Gasteiger partial charge in [0, 0.05) is 29.4 Å². The van der Waals surface area contributed by atoms with Crippen LogP contribution in [0.5, 0.6) is 0 Å². The molecule has 2 aliphatic heterocycles. The largest absolute Gasteiger partial charge is 0.349 e. The van der Waals surface area contributed by atoms with E-state index in [0.717, 1.165) is 54.5 Å². The van der Waals surface area contributed by atoms with Crippen LogP contribution in [0.2, 0.25) is 0 Å². The van der Waals surface area contributed by atoms with Crippen molar-refractivity contribution in [3.8, 4) is 0 Å². The Labute approximate surface area is 172 Å². The summed E-state index contributed by atoms with van der Waals surface area (Å²) in [7, 11) is 0. The Kier molecular flexibility index (Phi) is 5.56. The molecule has 0 spiro atoms. The normalized spacial score (nSPS) is 23.4. The fraction of sp³-hybridized carbons (Fsp3) is 0.417. The van der Waals surface area contributed by atoms with Gasteiger partial charge in [-0.15, -0.1) is 0 Å². The highest BCUT2D eigenvalue weighted by atomic mass is 16.2. The third kappa shape index (κ3) is 4.14. The molecule has 0 saturated carbocycles. The highest BCUT2D eigenvalue weighted by Crippen LogP contribution is 2.35. The summed E-state index contributed by atoms with van der Waals surface area (Å²) in [6, 6.07) is 16.0. The number of urea groups is 1. The zero-order valence-corrected chi connectivity index (χ0v) is 17.2. The number of rotatable bonds is 3. The van der Waals surface area contributed by atoms with Gasteiger partial charge < -0.3 is 15.5 Å². The third-order valence-electron chi connectivity index (χ3n) is 6.32. The van der Waals surface area contributed by atoms with Crippen molar-refractivity contribution in [2.45, 2.75) is 64.1 Å². The maximum atomic E-state index is 13.1. The summed E-state index contributed by atoms with van der Waals surface area (Å²) < 4.78 is 0. The van der Waals surface area contributed by atoms with Crippen molar-refractivity contribution < 1.29 is 9.59 Å². The summed E-state index contributed by atoms with van der Waals surface area (Å²) in [6.45, 7) is 3.96. The van der Waals surface area contributed by atoms with Gasteiger partial charge in [-0.1, -0.05) is 36.4 Å². The van der Waals surface area contributed by atoms with Crippen molar-refractivity contribution in [3.05, 3.63) is 65.2 Å². The number of carbonyl (C=O) groups is 2. The highest BCUT2D eigenvalue weighted by Gasteiger charge is 2.41. The molecule has 0 aliphatic carbocycles. The molecule has 152 valence electrons. The van der Waals surface area contributed by atoms with E-state index < -0.39 is 0 Å². The first-order valence-corrected chi connectivity index (χ1v) is 10.5. The summed E-state index contributed by atoms with van der Waals surface area (Å²) >= 11 is 0. The number of aryl methyl sites for hydroxylation is 2. The van der Waals surface area contributed by atoms with E-state index in [1.165, 1.54) is 0 Å². The Balaban J connectivity index is 1.44. The smallest absolute Gasteiger partial charge is 0.322 e. The molecule has 3 amide bonds. The molecule has 5 heteroatoms. The molecule has 2 saturated heterocycles. The number of anilines is 1. The lowest BCUT2D eigenvalue weighted by Crippen LogP contribution is -2.59. The number of benzene rings is 2. The second kappa shape index (κ2) is 8.27. The van der Waals surface area contributed by atoms with Crippen LogP contribution in [0.4, 0.5) is 10.5 Å². The summed E-state index contributed by atoms with van der Waals surface area (Å²) in [5, 5.41) is 6.32. The Bertz CT molecular complexity index is 897. The lowest BCUT2D eigenvalue weighted by molar-refractivity contribution is 0.0577. The number of hydrogen-bond acceptors (Lipinski definition) is 2. The van der Waals surface area contributed by atoms with Crippen LogP contribution in [0.3, 0.4) is 0 Å². The quantitative estimate of drug-likeness (QED) is 0.800. The topological polar surface area (TPSA) is 61.4 Å². The van der Waals surface area contributed by atoms with E-state index in [9.17, 15) is 9.59 Å². The van der Waals surface area contributed by atoms with E-state index in [0.29, 0.717) is 0 Å². The number of nitrogens with one attached hydrogen (secondary N) is 2. The van der Waals surface area contributed by atoms with Gasteiger partial charge in [0.05, 0.1) is 0 Å². The maximum absolute atomic E-state index is 13.1. The maximum Gasteiger partial charge on any atom is 0.322 e. The minimum atomic E-state index is -0.0160. The number of fused-ring (bicyclic) bond motifs is 2. The number of hydrogen-bond donors (Lipinski definition) is 2. The summed E-state index contributed by atoms with van der Waals surface area (Å²) in [5.41, 5.74) is 3.65. The molecular weight excluding hydrogens is 362 g/mol. The molecule has 2 heterocycles. The van der Waals surface area contributed by atoms with Crippen molar-refractivity contribution >= 4 is 17.6 Å². The average molecular weight is 392 g/mol. The molecule has 0 aromatic heterocycles. The van der Waals surface area contributed by atoms with Gasteiger partial charge >= 0.3 is 6.03 Å². The highest BCUT2D eigenvalue weighted by molar-refractivity contribution is 5.96. The molecule has 2 N–H and O–H groups in total. The van der Waals surface area contributed by atoms with Gasteiger partial charge in [-0.25, -0.2) is 4.79 Å². The molecule has 2 bridgehead atoms. The first-order valence-electron chi connectivity index (χ1n) is 10.5. The van der Waals surface area contributed by atoms with Crippen LogP contribution in [0.1, 0.15) is 53.6 Å². The fourth-order valence-electron chi connectivity index (χ4n) is 4.81. The predicted octanol–water partition coefficient (Wildman–Crippen LogP) is 4.65.